The number of methoxy groups -OCH3 is 1. The molecule has 0 aromatic heterocycles. The van der Waals surface area contributed by atoms with E-state index in [1.807, 2.05) is 6.92 Å². The van der Waals surface area contributed by atoms with Crippen molar-refractivity contribution in [1.29, 1.82) is 0 Å². The quantitative estimate of drug-likeness (QED) is 0.632. The van der Waals surface area contributed by atoms with Gasteiger partial charge in [-0.05, 0) is 12.8 Å². The fraction of sp³-hybridized carbons (Fsp3) is 0.889. The van der Waals surface area contributed by atoms with Crippen LogP contribution < -0.4 is 5.73 Å². The molecule has 4 heteroatoms. The summed E-state index contributed by atoms with van der Waals surface area (Å²) in [5.41, 5.74) is 5.35. The van der Waals surface area contributed by atoms with E-state index in [0.29, 0.717) is 26.1 Å². The third-order valence-electron chi connectivity index (χ3n) is 2.92. The highest BCUT2D eigenvalue weighted by Crippen LogP contribution is 2.34. The average molecular weight is 187 g/mol. The summed E-state index contributed by atoms with van der Waals surface area (Å²) in [6.07, 6.45) is 1.38. The fourth-order valence-electron chi connectivity index (χ4n) is 1.85. The highest BCUT2D eigenvalue weighted by atomic mass is 16.5. The molecule has 1 fully saturated rings. The smallest absolute Gasteiger partial charge is 0.313 e. The first-order valence-electron chi connectivity index (χ1n) is 4.59. The van der Waals surface area contributed by atoms with Gasteiger partial charge in [0, 0.05) is 12.6 Å². The lowest BCUT2D eigenvalue weighted by molar-refractivity contribution is -0.160. The Labute approximate surface area is 78.4 Å². The van der Waals surface area contributed by atoms with Gasteiger partial charge in [-0.1, -0.05) is 6.92 Å². The van der Waals surface area contributed by atoms with Gasteiger partial charge in [0.15, 0.2) is 0 Å². The van der Waals surface area contributed by atoms with Crippen LogP contribution in [-0.2, 0) is 14.3 Å². The minimum Gasteiger partial charge on any atom is -0.469 e. The maximum Gasteiger partial charge on any atom is 0.313 e. The van der Waals surface area contributed by atoms with Gasteiger partial charge in [-0.2, -0.15) is 0 Å². The van der Waals surface area contributed by atoms with Gasteiger partial charge in [-0.15, -0.1) is 0 Å². The second-order valence-corrected chi connectivity index (χ2v) is 3.43. The summed E-state index contributed by atoms with van der Waals surface area (Å²) in [5.74, 6) is -0.203. The topological polar surface area (TPSA) is 61.5 Å². The molecule has 0 amide bonds. The van der Waals surface area contributed by atoms with E-state index in [4.69, 9.17) is 15.2 Å². The molecule has 0 aliphatic carbocycles. The Balaban J connectivity index is 2.82. The number of carbonyl (C=O) groups excluding carboxylic acids is 1. The van der Waals surface area contributed by atoms with Crippen molar-refractivity contribution in [2.45, 2.75) is 25.8 Å². The van der Waals surface area contributed by atoms with Crippen LogP contribution in [0.3, 0.4) is 0 Å². The summed E-state index contributed by atoms with van der Waals surface area (Å²) in [6.45, 7) is 3.00. The lowest BCUT2D eigenvalue weighted by Gasteiger charge is -2.38. The SMILES string of the molecule is CCC1(C(=O)OC)CCOCC1N. The highest BCUT2D eigenvalue weighted by Gasteiger charge is 2.45. The molecular weight excluding hydrogens is 170 g/mol. The van der Waals surface area contributed by atoms with Crippen LogP contribution in [0.1, 0.15) is 19.8 Å². The largest absolute Gasteiger partial charge is 0.469 e. The zero-order valence-corrected chi connectivity index (χ0v) is 8.21. The monoisotopic (exact) mass is 187 g/mol. The number of carbonyl (C=O) groups is 1. The Morgan fingerprint density at radius 2 is 2.46 bits per heavy atom. The van der Waals surface area contributed by atoms with Crippen LogP contribution >= 0.6 is 0 Å². The van der Waals surface area contributed by atoms with Crippen LogP contribution in [0.4, 0.5) is 0 Å². The summed E-state index contributed by atoms with van der Waals surface area (Å²) in [7, 11) is 1.40. The predicted octanol–water partition coefficient (Wildman–Crippen LogP) is 0.303. The molecule has 2 unspecified atom stereocenters. The Bertz CT molecular complexity index is 195. The molecule has 1 rings (SSSR count). The number of esters is 1. The third kappa shape index (κ3) is 1.69. The number of hydrogen-bond acceptors (Lipinski definition) is 4. The molecule has 0 aromatic carbocycles. The fourth-order valence-corrected chi connectivity index (χ4v) is 1.85. The van der Waals surface area contributed by atoms with Crippen molar-refractivity contribution in [1.82, 2.24) is 0 Å². The van der Waals surface area contributed by atoms with Crippen LogP contribution in [0, 0.1) is 5.41 Å². The molecular formula is C9H17NO3. The molecule has 0 aromatic rings. The van der Waals surface area contributed by atoms with E-state index in [1.54, 1.807) is 0 Å². The molecule has 0 radical (unpaired) electrons. The van der Waals surface area contributed by atoms with Gasteiger partial charge < -0.3 is 15.2 Å². The Kier molecular flexibility index (Phi) is 3.27. The van der Waals surface area contributed by atoms with Gasteiger partial charge in [0.2, 0.25) is 0 Å². The van der Waals surface area contributed by atoms with Crippen molar-refractivity contribution in [3.63, 3.8) is 0 Å². The number of hydrogen-bond donors (Lipinski definition) is 1. The number of ether oxygens (including phenoxy) is 2. The molecule has 0 saturated carbocycles. The first kappa shape index (κ1) is 10.5. The van der Waals surface area contributed by atoms with Crippen molar-refractivity contribution in [3.8, 4) is 0 Å². The highest BCUT2D eigenvalue weighted by molar-refractivity contribution is 5.77. The van der Waals surface area contributed by atoms with Crippen molar-refractivity contribution in [3.05, 3.63) is 0 Å². The van der Waals surface area contributed by atoms with Gasteiger partial charge in [0.25, 0.3) is 0 Å². The van der Waals surface area contributed by atoms with Crippen LogP contribution in [0.2, 0.25) is 0 Å². The average Bonchev–Trinajstić information content (AvgIpc) is 2.18. The van der Waals surface area contributed by atoms with Crippen molar-refractivity contribution in [2.24, 2.45) is 11.1 Å². The van der Waals surface area contributed by atoms with Crippen LogP contribution in [-0.4, -0.2) is 32.3 Å². The van der Waals surface area contributed by atoms with E-state index >= 15 is 0 Å². The molecule has 13 heavy (non-hydrogen) atoms. The molecule has 0 bridgehead atoms. The normalized spacial score (nSPS) is 34.2. The maximum atomic E-state index is 11.6. The minimum absolute atomic E-state index is 0.203. The Hall–Kier alpha value is -0.610. The molecule has 2 atom stereocenters. The van der Waals surface area contributed by atoms with Crippen molar-refractivity contribution in [2.75, 3.05) is 20.3 Å². The van der Waals surface area contributed by atoms with Gasteiger partial charge in [0.05, 0.1) is 19.1 Å². The molecule has 0 spiro atoms. The Morgan fingerprint density at radius 1 is 1.77 bits per heavy atom. The summed E-state index contributed by atoms with van der Waals surface area (Å²) in [5, 5.41) is 0. The van der Waals surface area contributed by atoms with Gasteiger partial charge in [-0.3, -0.25) is 4.79 Å². The molecule has 4 nitrogen and oxygen atoms in total. The zero-order valence-electron chi connectivity index (χ0n) is 8.21. The molecule has 1 heterocycles. The van der Waals surface area contributed by atoms with Crippen LogP contribution in [0.5, 0.6) is 0 Å². The standard InChI is InChI=1S/C9H17NO3/c1-3-9(8(11)12-2)4-5-13-6-7(9)10/h7H,3-6,10H2,1-2H3. The van der Waals surface area contributed by atoms with E-state index in [-0.39, 0.29) is 12.0 Å². The minimum atomic E-state index is -0.521. The van der Waals surface area contributed by atoms with Gasteiger partial charge in [-0.25, -0.2) is 0 Å². The van der Waals surface area contributed by atoms with Crippen LogP contribution in [0.25, 0.3) is 0 Å². The molecule has 1 saturated heterocycles. The van der Waals surface area contributed by atoms with E-state index in [0.717, 1.165) is 0 Å². The molecule has 1 aliphatic heterocycles. The van der Waals surface area contributed by atoms with E-state index in [2.05, 4.69) is 0 Å². The van der Waals surface area contributed by atoms with Crippen molar-refractivity contribution >= 4 is 5.97 Å². The maximum absolute atomic E-state index is 11.6. The predicted molar refractivity (Wildman–Crippen MR) is 48.2 cm³/mol. The van der Waals surface area contributed by atoms with Crippen molar-refractivity contribution < 1.29 is 14.3 Å². The second-order valence-electron chi connectivity index (χ2n) is 3.43. The summed E-state index contributed by atoms with van der Waals surface area (Å²) in [6, 6.07) is -0.237. The van der Waals surface area contributed by atoms with Crippen LogP contribution in [0.15, 0.2) is 0 Å². The number of rotatable bonds is 2. The van der Waals surface area contributed by atoms with Gasteiger partial charge >= 0.3 is 5.97 Å². The summed E-state index contributed by atoms with van der Waals surface area (Å²) in [4.78, 5) is 11.6. The van der Waals surface area contributed by atoms with E-state index in [9.17, 15) is 4.79 Å². The number of nitrogens with two attached hydrogens (primary N) is 1. The summed E-state index contributed by atoms with van der Waals surface area (Å²) >= 11 is 0. The molecule has 76 valence electrons. The first-order valence-corrected chi connectivity index (χ1v) is 4.59. The summed E-state index contributed by atoms with van der Waals surface area (Å²) < 4.78 is 9.98. The van der Waals surface area contributed by atoms with E-state index in [1.165, 1.54) is 7.11 Å². The van der Waals surface area contributed by atoms with Gasteiger partial charge in [0.1, 0.15) is 0 Å². The third-order valence-corrected chi connectivity index (χ3v) is 2.92. The molecule has 2 N–H and O–H groups in total. The lowest BCUT2D eigenvalue weighted by atomic mass is 9.74. The second kappa shape index (κ2) is 4.07. The zero-order chi connectivity index (χ0) is 9.90. The molecule has 1 aliphatic rings. The lowest BCUT2D eigenvalue weighted by Crippen LogP contribution is -2.53. The Morgan fingerprint density at radius 3 is 2.92 bits per heavy atom. The van der Waals surface area contributed by atoms with E-state index < -0.39 is 5.41 Å². The first-order chi connectivity index (χ1) is 6.17.